The van der Waals surface area contributed by atoms with E-state index in [0.29, 0.717) is 13.0 Å². The van der Waals surface area contributed by atoms with Gasteiger partial charge in [-0.1, -0.05) is 0 Å². The Morgan fingerprint density at radius 2 is 2.06 bits per heavy atom. The summed E-state index contributed by atoms with van der Waals surface area (Å²) in [7, 11) is 0. The predicted octanol–water partition coefficient (Wildman–Crippen LogP) is 0.970. The fraction of sp³-hybridized carbons (Fsp3) is 0.833. The number of aliphatic carboxylic acids is 1. The maximum absolute atomic E-state index is 12.1. The molecule has 0 aromatic rings. The van der Waals surface area contributed by atoms with Crippen LogP contribution >= 0.6 is 0 Å². The molecule has 17 heavy (non-hydrogen) atoms. The average molecular weight is 242 g/mol. The lowest BCUT2D eigenvalue weighted by atomic mass is 9.75. The van der Waals surface area contributed by atoms with Crippen LogP contribution < -0.4 is 5.73 Å². The van der Waals surface area contributed by atoms with Gasteiger partial charge >= 0.3 is 5.97 Å². The molecule has 0 radical (unpaired) electrons. The molecule has 0 bridgehead atoms. The number of hydrogen-bond acceptors (Lipinski definition) is 3. The molecular weight excluding hydrogens is 220 g/mol. The number of carboxylic acids is 1. The summed E-state index contributed by atoms with van der Waals surface area (Å²) < 4.78 is 0. The maximum atomic E-state index is 12.1. The minimum absolute atomic E-state index is 0.0167. The van der Waals surface area contributed by atoms with Crippen LogP contribution in [0.15, 0.2) is 0 Å². The molecule has 1 aliphatic rings. The van der Waals surface area contributed by atoms with E-state index in [4.69, 9.17) is 10.8 Å². The number of carbonyl (C=O) groups is 2. The molecular formula is C12H22N2O3. The Balaban J connectivity index is 2.53. The third-order valence-corrected chi connectivity index (χ3v) is 3.52. The minimum Gasteiger partial charge on any atom is -0.481 e. The van der Waals surface area contributed by atoms with Gasteiger partial charge in [0.05, 0.1) is 6.42 Å². The van der Waals surface area contributed by atoms with E-state index in [-0.39, 0.29) is 23.9 Å². The molecule has 1 amide bonds. The number of nitrogens with two attached hydrogens (primary N) is 1. The van der Waals surface area contributed by atoms with E-state index in [1.807, 2.05) is 6.92 Å². The lowest BCUT2D eigenvalue weighted by Crippen LogP contribution is -2.52. The van der Waals surface area contributed by atoms with Gasteiger partial charge in [0.25, 0.3) is 0 Å². The number of hydrogen-bond donors (Lipinski definition) is 2. The standard InChI is InChI=1S/C12H22N2O3/c1-3-14(9(2)7-11(16)17)10(15)8-12(13)5-4-6-12/h9H,3-8,13H2,1-2H3,(H,16,17). The van der Waals surface area contributed by atoms with Crippen LogP contribution in [0.1, 0.15) is 46.0 Å². The zero-order chi connectivity index (χ0) is 13.1. The highest BCUT2D eigenvalue weighted by molar-refractivity contribution is 5.78. The molecule has 98 valence electrons. The van der Waals surface area contributed by atoms with Crippen LogP contribution in [0.2, 0.25) is 0 Å². The fourth-order valence-electron chi connectivity index (χ4n) is 2.31. The molecule has 0 spiro atoms. The average Bonchev–Trinajstić information content (AvgIpc) is 2.14. The normalized spacial score (nSPS) is 19.2. The quantitative estimate of drug-likeness (QED) is 0.727. The van der Waals surface area contributed by atoms with Crippen LogP contribution in [-0.2, 0) is 9.59 Å². The third kappa shape index (κ3) is 3.70. The second kappa shape index (κ2) is 5.49. The molecule has 0 aliphatic heterocycles. The molecule has 1 saturated carbocycles. The van der Waals surface area contributed by atoms with Gasteiger partial charge in [-0.05, 0) is 33.1 Å². The van der Waals surface area contributed by atoms with Gasteiger partial charge < -0.3 is 15.7 Å². The van der Waals surface area contributed by atoms with Crippen molar-refractivity contribution in [1.82, 2.24) is 4.90 Å². The first kappa shape index (κ1) is 14.0. The van der Waals surface area contributed by atoms with Gasteiger partial charge in [-0.3, -0.25) is 9.59 Å². The molecule has 1 fully saturated rings. The Kier molecular flexibility index (Phi) is 4.51. The Bertz CT molecular complexity index is 300. The second-order valence-corrected chi connectivity index (χ2v) is 5.02. The maximum Gasteiger partial charge on any atom is 0.305 e. The first-order valence-corrected chi connectivity index (χ1v) is 6.18. The topological polar surface area (TPSA) is 83.6 Å². The predicted molar refractivity (Wildman–Crippen MR) is 64.5 cm³/mol. The van der Waals surface area contributed by atoms with Crippen LogP contribution in [0.4, 0.5) is 0 Å². The highest BCUT2D eigenvalue weighted by atomic mass is 16.4. The highest BCUT2D eigenvalue weighted by Crippen LogP contribution is 2.32. The summed E-state index contributed by atoms with van der Waals surface area (Å²) in [5.41, 5.74) is 5.69. The van der Waals surface area contributed by atoms with Gasteiger partial charge in [-0.25, -0.2) is 0 Å². The van der Waals surface area contributed by atoms with E-state index >= 15 is 0 Å². The first-order valence-electron chi connectivity index (χ1n) is 6.18. The van der Waals surface area contributed by atoms with E-state index < -0.39 is 5.97 Å². The van der Waals surface area contributed by atoms with Crippen molar-refractivity contribution in [2.75, 3.05) is 6.54 Å². The van der Waals surface area contributed by atoms with E-state index in [0.717, 1.165) is 19.3 Å². The zero-order valence-electron chi connectivity index (χ0n) is 10.6. The van der Waals surface area contributed by atoms with Crippen LogP contribution in [-0.4, -0.2) is 40.0 Å². The van der Waals surface area contributed by atoms with Crippen molar-refractivity contribution in [3.8, 4) is 0 Å². The Labute approximate surface area is 102 Å². The van der Waals surface area contributed by atoms with Crippen LogP contribution in [0.5, 0.6) is 0 Å². The molecule has 0 saturated heterocycles. The van der Waals surface area contributed by atoms with Gasteiger partial charge in [0.1, 0.15) is 0 Å². The van der Waals surface area contributed by atoms with Gasteiger partial charge in [0, 0.05) is 24.5 Å². The molecule has 0 aromatic heterocycles. The highest BCUT2D eigenvalue weighted by Gasteiger charge is 2.36. The van der Waals surface area contributed by atoms with Crippen molar-refractivity contribution in [2.24, 2.45) is 5.73 Å². The van der Waals surface area contributed by atoms with E-state index in [2.05, 4.69) is 0 Å². The summed E-state index contributed by atoms with van der Waals surface area (Å²) in [6.07, 6.45) is 3.19. The summed E-state index contributed by atoms with van der Waals surface area (Å²) in [5.74, 6) is -0.904. The summed E-state index contributed by atoms with van der Waals surface area (Å²) in [4.78, 5) is 24.3. The molecule has 3 N–H and O–H groups in total. The largest absolute Gasteiger partial charge is 0.481 e. The number of carbonyl (C=O) groups excluding carboxylic acids is 1. The molecule has 1 aliphatic carbocycles. The zero-order valence-corrected chi connectivity index (χ0v) is 10.6. The molecule has 0 aromatic carbocycles. The van der Waals surface area contributed by atoms with Gasteiger partial charge in [0.2, 0.25) is 5.91 Å². The van der Waals surface area contributed by atoms with E-state index in [9.17, 15) is 9.59 Å². The lowest BCUT2D eigenvalue weighted by molar-refractivity contribution is -0.141. The summed E-state index contributed by atoms with van der Waals surface area (Å²) in [6.45, 7) is 4.16. The number of nitrogens with zero attached hydrogens (tertiary/aromatic N) is 1. The minimum atomic E-state index is -0.880. The van der Waals surface area contributed by atoms with Crippen molar-refractivity contribution in [2.45, 2.75) is 57.5 Å². The summed E-state index contributed by atoms with van der Waals surface area (Å²) in [5, 5.41) is 8.74. The third-order valence-electron chi connectivity index (χ3n) is 3.52. The van der Waals surface area contributed by atoms with Crippen LogP contribution in [0, 0.1) is 0 Å². The molecule has 5 nitrogen and oxygen atoms in total. The number of amides is 1. The van der Waals surface area contributed by atoms with Gasteiger partial charge in [-0.2, -0.15) is 0 Å². The first-order chi connectivity index (χ1) is 7.88. The molecule has 1 rings (SSSR count). The SMILES string of the molecule is CCN(C(=O)CC1(N)CCC1)C(C)CC(=O)O. The molecule has 1 atom stereocenters. The van der Waals surface area contributed by atoms with Crippen molar-refractivity contribution in [3.05, 3.63) is 0 Å². The molecule has 1 unspecified atom stereocenters. The smallest absolute Gasteiger partial charge is 0.305 e. The van der Waals surface area contributed by atoms with E-state index in [1.165, 1.54) is 0 Å². The molecule has 0 heterocycles. The molecule has 5 heteroatoms. The second-order valence-electron chi connectivity index (χ2n) is 5.02. The fourth-order valence-corrected chi connectivity index (χ4v) is 2.31. The summed E-state index contributed by atoms with van der Waals surface area (Å²) >= 11 is 0. The number of carboxylic acid groups (broad SMARTS) is 1. The van der Waals surface area contributed by atoms with E-state index in [1.54, 1.807) is 11.8 Å². The monoisotopic (exact) mass is 242 g/mol. The number of rotatable bonds is 6. The van der Waals surface area contributed by atoms with Gasteiger partial charge in [0.15, 0.2) is 0 Å². The lowest BCUT2D eigenvalue weighted by Gasteiger charge is -2.39. The van der Waals surface area contributed by atoms with Crippen molar-refractivity contribution < 1.29 is 14.7 Å². The summed E-state index contributed by atoms with van der Waals surface area (Å²) in [6, 6.07) is -0.270. The van der Waals surface area contributed by atoms with Gasteiger partial charge in [-0.15, -0.1) is 0 Å². The van der Waals surface area contributed by atoms with Crippen molar-refractivity contribution >= 4 is 11.9 Å². The Morgan fingerprint density at radius 1 is 1.47 bits per heavy atom. The van der Waals surface area contributed by atoms with Crippen molar-refractivity contribution in [3.63, 3.8) is 0 Å². The van der Waals surface area contributed by atoms with Crippen molar-refractivity contribution in [1.29, 1.82) is 0 Å². The Morgan fingerprint density at radius 3 is 2.41 bits per heavy atom. The van der Waals surface area contributed by atoms with Crippen LogP contribution in [0.25, 0.3) is 0 Å². The Hall–Kier alpha value is -1.10. The van der Waals surface area contributed by atoms with Crippen LogP contribution in [0.3, 0.4) is 0 Å².